The standard InChI is InChI=1S/C55H41BN2S2/c1-30-25-40-41(55(4,5)24-23-54(40,2)3)29-44(30)58-43-22-21-36-33-15-8-10-19-46(33)59-52(36)48(43)39-28-38-34-16-9-11-20-47(34)60-53(38)51-49(39)56(58)42-18-12-17-35-37-26-31-13-6-7-14-32(31)27-45(37)57(51)50(35)42/h6-22,25-29H,23-24H2,1-5H3. The maximum atomic E-state index is 2.80. The summed E-state index contributed by atoms with van der Waals surface area (Å²) in [4.78, 5) is 2.80. The van der Waals surface area contributed by atoms with Crippen LogP contribution in [0.2, 0.25) is 0 Å². The van der Waals surface area contributed by atoms with Crippen molar-refractivity contribution < 1.29 is 0 Å². The zero-order valence-electron chi connectivity index (χ0n) is 34.4. The van der Waals surface area contributed by atoms with Gasteiger partial charge in [0.05, 0.1) is 21.4 Å². The highest BCUT2D eigenvalue weighted by molar-refractivity contribution is 7.27. The molecule has 2 aliphatic heterocycles. The molecule has 0 saturated heterocycles. The fourth-order valence-corrected chi connectivity index (χ4v) is 14.3. The van der Waals surface area contributed by atoms with E-state index < -0.39 is 0 Å². The third-order valence-corrected chi connectivity index (χ3v) is 17.3. The fraction of sp³-hybridized carbons (Fsp3) is 0.164. The van der Waals surface area contributed by atoms with Gasteiger partial charge in [0.25, 0.3) is 0 Å². The Balaban J connectivity index is 1.22. The van der Waals surface area contributed by atoms with Gasteiger partial charge in [0, 0.05) is 63.4 Å². The molecular formula is C55H41BN2S2. The molecule has 1 aliphatic carbocycles. The molecule has 0 spiro atoms. The molecule has 14 rings (SSSR count). The lowest BCUT2D eigenvalue weighted by molar-refractivity contribution is 0.332. The third-order valence-electron chi connectivity index (χ3n) is 14.9. The van der Waals surface area contributed by atoms with Crippen molar-refractivity contribution in [3.63, 3.8) is 0 Å². The van der Waals surface area contributed by atoms with Crippen molar-refractivity contribution in [2.24, 2.45) is 0 Å². The van der Waals surface area contributed by atoms with Gasteiger partial charge in [-0.1, -0.05) is 119 Å². The molecule has 0 atom stereocenters. The number of aromatic nitrogens is 1. The molecular weight excluding hydrogens is 764 g/mol. The highest BCUT2D eigenvalue weighted by Gasteiger charge is 2.47. The summed E-state index contributed by atoms with van der Waals surface area (Å²) in [5.41, 5.74) is 16.7. The van der Waals surface area contributed by atoms with Crippen LogP contribution in [0.5, 0.6) is 0 Å². The Bertz CT molecular complexity index is 3760. The van der Waals surface area contributed by atoms with Gasteiger partial charge in [0.15, 0.2) is 0 Å². The van der Waals surface area contributed by atoms with Crippen molar-refractivity contribution in [2.45, 2.75) is 58.3 Å². The molecule has 11 aromatic rings. The van der Waals surface area contributed by atoms with E-state index in [2.05, 4.69) is 177 Å². The fourth-order valence-electron chi connectivity index (χ4n) is 11.8. The van der Waals surface area contributed by atoms with E-state index in [0.717, 1.165) is 0 Å². The molecule has 5 heteroatoms. The van der Waals surface area contributed by atoms with Gasteiger partial charge in [-0.25, -0.2) is 0 Å². The molecule has 2 nitrogen and oxygen atoms in total. The summed E-state index contributed by atoms with van der Waals surface area (Å²) < 4.78 is 8.13. The zero-order valence-corrected chi connectivity index (χ0v) is 36.0. The van der Waals surface area contributed by atoms with E-state index in [1.54, 1.807) is 0 Å². The maximum absolute atomic E-state index is 2.80. The molecule has 0 unspecified atom stereocenters. The minimum atomic E-state index is -0.0321. The number of benzene rings is 8. The van der Waals surface area contributed by atoms with Gasteiger partial charge in [-0.15, -0.1) is 22.7 Å². The average molecular weight is 805 g/mol. The van der Waals surface area contributed by atoms with E-state index in [4.69, 9.17) is 0 Å². The first kappa shape index (κ1) is 33.9. The summed E-state index contributed by atoms with van der Waals surface area (Å²) in [6, 6.07) is 51.7. The second-order valence-electron chi connectivity index (χ2n) is 19.1. The van der Waals surface area contributed by atoms with Crippen LogP contribution in [-0.2, 0) is 10.8 Å². The third kappa shape index (κ3) is 4.15. The average Bonchev–Trinajstić information content (AvgIpc) is 3.93. The Kier molecular flexibility index (Phi) is 6.37. The molecule has 0 saturated carbocycles. The number of anilines is 2. The van der Waals surface area contributed by atoms with E-state index in [1.165, 1.54) is 142 Å². The number of aryl methyl sites for hydroxylation is 1. The lowest BCUT2D eigenvalue weighted by Gasteiger charge is -2.46. The van der Waals surface area contributed by atoms with Crippen molar-refractivity contribution in [1.29, 1.82) is 0 Å². The van der Waals surface area contributed by atoms with Gasteiger partial charge < -0.3 is 9.38 Å². The minimum Gasteiger partial charge on any atom is -0.376 e. The van der Waals surface area contributed by atoms with Gasteiger partial charge in [-0.2, -0.15) is 0 Å². The Hall–Kier alpha value is -5.88. The number of fused-ring (bicyclic) bond motifs is 17. The molecule has 3 aromatic heterocycles. The second kappa shape index (κ2) is 11.3. The first-order chi connectivity index (χ1) is 29.2. The molecule has 60 heavy (non-hydrogen) atoms. The molecule has 3 aliphatic rings. The number of nitrogens with zero attached hydrogens (tertiary/aromatic N) is 2. The van der Waals surface area contributed by atoms with Crippen molar-refractivity contribution in [2.75, 3.05) is 4.81 Å². The van der Waals surface area contributed by atoms with Crippen LogP contribution in [0.4, 0.5) is 11.4 Å². The molecule has 0 radical (unpaired) electrons. The predicted octanol–water partition coefficient (Wildman–Crippen LogP) is 14.6. The first-order valence-corrected chi connectivity index (χ1v) is 23.1. The quantitative estimate of drug-likeness (QED) is 0.150. The van der Waals surface area contributed by atoms with Gasteiger partial charge in [-0.3, -0.25) is 0 Å². The molecule has 0 fully saturated rings. The Morgan fingerprint density at radius 2 is 1.20 bits per heavy atom. The van der Waals surface area contributed by atoms with Crippen LogP contribution in [0.25, 0.3) is 89.7 Å². The highest BCUT2D eigenvalue weighted by Crippen LogP contribution is 2.55. The SMILES string of the molecule is Cc1cc2c(cc1N1B3c4c(cc5c(sc6ccccc65)c4-n4c5cc6ccccc6cc5c5cccc3c54)-c3c1ccc1c3sc3ccccc31)C(C)(C)CCC2(C)C. The second-order valence-corrected chi connectivity index (χ2v) is 21.2. The number of hydrogen-bond acceptors (Lipinski definition) is 3. The molecule has 5 heterocycles. The van der Waals surface area contributed by atoms with E-state index in [0.29, 0.717) is 0 Å². The summed E-state index contributed by atoms with van der Waals surface area (Å²) in [5, 5.41) is 10.6. The van der Waals surface area contributed by atoms with Gasteiger partial charge in [0.2, 0.25) is 0 Å². The molecule has 0 N–H and O–H groups in total. The Morgan fingerprint density at radius 1 is 0.550 bits per heavy atom. The van der Waals surface area contributed by atoms with Crippen molar-refractivity contribution >= 4 is 125 Å². The monoisotopic (exact) mass is 804 g/mol. The predicted molar refractivity (Wildman–Crippen MR) is 263 cm³/mol. The summed E-state index contributed by atoms with van der Waals surface area (Å²) in [7, 11) is 0. The summed E-state index contributed by atoms with van der Waals surface area (Å²) >= 11 is 3.93. The van der Waals surface area contributed by atoms with Crippen LogP contribution in [0.1, 0.15) is 57.2 Å². The van der Waals surface area contributed by atoms with Crippen LogP contribution < -0.4 is 15.7 Å². The molecule has 286 valence electrons. The van der Waals surface area contributed by atoms with Gasteiger partial charge in [0.1, 0.15) is 0 Å². The first-order valence-electron chi connectivity index (χ1n) is 21.5. The topological polar surface area (TPSA) is 8.17 Å². The maximum Gasteiger partial charge on any atom is 0.333 e. The van der Waals surface area contributed by atoms with E-state index >= 15 is 0 Å². The number of thiophene rings is 2. The smallest absolute Gasteiger partial charge is 0.333 e. The van der Waals surface area contributed by atoms with Crippen molar-refractivity contribution in [3.8, 4) is 16.8 Å². The van der Waals surface area contributed by atoms with Crippen LogP contribution in [0.15, 0.2) is 133 Å². The van der Waals surface area contributed by atoms with Crippen molar-refractivity contribution in [1.82, 2.24) is 4.57 Å². The Labute approximate surface area is 357 Å². The van der Waals surface area contributed by atoms with Crippen LogP contribution in [0.3, 0.4) is 0 Å². The number of rotatable bonds is 1. The lowest BCUT2D eigenvalue weighted by Crippen LogP contribution is -2.60. The zero-order chi connectivity index (χ0) is 40.0. The largest absolute Gasteiger partial charge is 0.376 e. The summed E-state index contributed by atoms with van der Waals surface area (Å²) in [6.07, 6.45) is 2.39. The van der Waals surface area contributed by atoms with Gasteiger partial charge in [-0.05, 0) is 117 Å². The summed E-state index contributed by atoms with van der Waals surface area (Å²) in [6.45, 7) is 12.2. The number of para-hydroxylation sites is 1. The molecule has 0 amide bonds. The minimum absolute atomic E-state index is 0.0321. The normalized spacial score (nSPS) is 16.1. The van der Waals surface area contributed by atoms with E-state index in [9.17, 15) is 0 Å². The summed E-state index contributed by atoms with van der Waals surface area (Å²) in [5.74, 6) is 0. The number of hydrogen-bond donors (Lipinski definition) is 0. The van der Waals surface area contributed by atoms with Crippen LogP contribution in [0, 0.1) is 6.92 Å². The highest BCUT2D eigenvalue weighted by atomic mass is 32.1. The van der Waals surface area contributed by atoms with Crippen LogP contribution in [-0.4, -0.2) is 11.4 Å². The van der Waals surface area contributed by atoms with Gasteiger partial charge >= 0.3 is 6.85 Å². The molecule has 0 bridgehead atoms. The van der Waals surface area contributed by atoms with E-state index in [-0.39, 0.29) is 17.7 Å². The van der Waals surface area contributed by atoms with E-state index in [1.807, 2.05) is 22.7 Å². The van der Waals surface area contributed by atoms with Crippen molar-refractivity contribution in [3.05, 3.63) is 150 Å². The lowest BCUT2D eigenvalue weighted by atomic mass is 9.43. The molecule has 8 aromatic carbocycles. The Morgan fingerprint density at radius 3 is 1.97 bits per heavy atom. The van der Waals surface area contributed by atoms with Crippen LogP contribution >= 0.6 is 22.7 Å².